The van der Waals surface area contributed by atoms with Gasteiger partial charge in [0.25, 0.3) is 0 Å². The second-order valence-electron chi connectivity index (χ2n) is 6.37. The Morgan fingerprint density at radius 2 is 2.00 bits per heavy atom. The van der Waals surface area contributed by atoms with E-state index in [0.717, 1.165) is 16.9 Å². The molecule has 2 aromatic rings. The minimum absolute atomic E-state index is 0.0598. The number of hydrogen-bond acceptors (Lipinski definition) is 5. The number of carbonyl (C=O) groups excluding carboxylic acids is 1. The van der Waals surface area contributed by atoms with Crippen LogP contribution in [0.3, 0.4) is 0 Å². The van der Waals surface area contributed by atoms with Gasteiger partial charge in [0.05, 0.1) is 27.6 Å². The van der Waals surface area contributed by atoms with Crippen molar-refractivity contribution in [3.05, 3.63) is 63.6 Å². The number of hydrogen-bond donors (Lipinski definition) is 1. The number of halogens is 2. The van der Waals surface area contributed by atoms with Crippen molar-refractivity contribution < 1.29 is 9.53 Å². The zero-order chi connectivity index (χ0) is 20.1. The molecule has 3 rings (SSSR count). The van der Waals surface area contributed by atoms with Crippen LogP contribution in [0.5, 0.6) is 5.75 Å². The number of para-hydroxylation sites is 1. The molecule has 0 saturated carbocycles. The summed E-state index contributed by atoms with van der Waals surface area (Å²) in [6.07, 6.45) is 2.13. The first kappa shape index (κ1) is 20.7. The molecule has 0 aliphatic carbocycles. The molecular formula is C20H19Cl2N3O2S. The fourth-order valence-electron chi connectivity index (χ4n) is 2.58. The van der Waals surface area contributed by atoms with Gasteiger partial charge >= 0.3 is 0 Å². The number of benzene rings is 2. The van der Waals surface area contributed by atoms with Gasteiger partial charge in [-0.2, -0.15) is 5.10 Å². The van der Waals surface area contributed by atoms with Crippen molar-refractivity contribution in [1.29, 1.82) is 0 Å². The highest BCUT2D eigenvalue weighted by Crippen LogP contribution is 2.30. The fraction of sp³-hybridized carbons (Fsp3) is 0.250. The van der Waals surface area contributed by atoms with E-state index in [4.69, 9.17) is 27.9 Å². The quantitative estimate of drug-likeness (QED) is 0.515. The second kappa shape index (κ2) is 9.45. The van der Waals surface area contributed by atoms with Crippen LogP contribution >= 0.6 is 35.0 Å². The first-order valence-electron chi connectivity index (χ1n) is 8.71. The number of nitrogens with zero attached hydrogens (tertiary/aromatic N) is 2. The third-order valence-corrected chi connectivity index (χ3v) is 5.77. The van der Waals surface area contributed by atoms with E-state index >= 15 is 0 Å². The van der Waals surface area contributed by atoms with E-state index in [1.165, 1.54) is 11.8 Å². The summed E-state index contributed by atoms with van der Waals surface area (Å²) in [6, 6.07) is 13.0. The van der Waals surface area contributed by atoms with E-state index in [0.29, 0.717) is 21.6 Å². The van der Waals surface area contributed by atoms with Gasteiger partial charge in [-0.3, -0.25) is 4.79 Å². The van der Waals surface area contributed by atoms with Gasteiger partial charge in [0.2, 0.25) is 5.91 Å². The van der Waals surface area contributed by atoms with E-state index in [1.807, 2.05) is 50.2 Å². The van der Waals surface area contributed by atoms with Crippen LogP contribution in [0, 0.1) is 0 Å². The standard InChI is InChI=1S/C20H19Cl2N3O2S/c1-12(2)27-16-9-4-3-6-14(16)11-23-25-20-24-19(26)17(28-20)10-13-7-5-8-15(21)18(13)22/h3-9,11-12,17H,10H2,1-2H3,(H,24,25,26)/b23-11-/t17-/m0/s1. The molecular weight excluding hydrogens is 417 g/mol. The fourth-order valence-corrected chi connectivity index (χ4v) is 3.93. The number of rotatable bonds is 6. The lowest BCUT2D eigenvalue weighted by Gasteiger charge is -2.11. The summed E-state index contributed by atoms with van der Waals surface area (Å²) >= 11 is 13.6. The summed E-state index contributed by atoms with van der Waals surface area (Å²) in [5.74, 6) is 0.608. The van der Waals surface area contributed by atoms with E-state index in [1.54, 1.807) is 12.3 Å². The molecule has 1 aliphatic rings. The van der Waals surface area contributed by atoms with Crippen LogP contribution < -0.4 is 10.1 Å². The Labute approximate surface area is 178 Å². The number of thioether (sulfide) groups is 1. The Balaban J connectivity index is 1.67. The van der Waals surface area contributed by atoms with Gasteiger partial charge in [0, 0.05) is 5.56 Å². The summed E-state index contributed by atoms with van der Waals surface area (Å²) in [6.45, 7) is 3.93. The van der Waals surface area contributed by atoms with Crippen LogP contribution in [-0.4, -0.2) is 28.6 Å². The average Bonchev–Trinajstić information content (AvgIpc) is 2.99. The van der Waals surface area contributed by atoms with Crippen LogP contribution in [0.4, 0.5) is 0 Å². The molecule has 1 heterocycles. The molecule has 1 amide bonds. The molecule has 146 valence electrons. The van der Waals surface area contributed by atoms with Crippen molar-refractivity contribution >= 4 is 52.3 Å². The number of amidine groups is 1. The molecule has 1 fully saturated rings. The van der Waals surface area contributed by atoms with Gasteiger partial charge in [-0.05, 0) is 44.0 Å². The zero-order valence-corrected chi connectivity index (χ0v) is 17.7. The molecule has 0 radical (unpaired) electrons. The van der Waals surface area contributed by atoms with E-state index < -0.39 is 0 Å². The highest BCUT2D eigenvalue weighted by molar-refractivity contribution is 8.15. The number of amides is 1. The van der Waals surface area contributed by atoms with Crippen LogP contribution in [0.1, 0.15) is 25.0 Å². The van der Waals surface area contributed by atoms with Crippen LogP contribution in [0.25, 0.3) is 0 Å². The molecule has 1 N–H and O–H groups in total. The molecule has 8 heteroatoms. The molecule has 0 spiro atoms. The first-order chi connectivity index (χ1) is 13.4. The summed E-state index contributed by atoms with van der Waals surface area (Å²) in [4.78, 5) is 12.2. The monoisotopic (exact) mass is 435 g/mol. The minimum Gasteiger partial charge on any atom is -0.490 e. The zero-order valence-electron chi connectivity index (χ0n) is 15.4. The maximum atomic E-state index is 12.2. The van der Waals surface area contributed by atoms with Gasteiger partial charge in [0.15, 0.2) is 5.17 Å². The van der Waals surface area contributed by atoms with Gasteiger partial charge in [-0.1, -0.05) is 59.2 Å². The average molecular weight is 436 g/mol. The number of nitrogens with one attached hydrogen (secondary N) is 1. The Kier molecular flexibility index (Phi) is 6.99. The SMILES string of the molecule is CC(C)Oc1ccccc1/C=N\N=C1\NC(=O)[C@H](Cc2cccc(Cl)c2Cl)S1. The third-order valence-electron chi connectivity index (χ3n) is 3.84. The Hall–Kier alpha value is -2.02. The summed E-state index contributed by atoms with van der Waals surface area (Å²) in [5, 5.41) is 12.0. The molecule has 1 atom stereocenters. The Morgan fingerprint density at radius 3 is 2.79 bits per heavy atom. The highest BCUT2D eigenvalue weighted by atomic mass is 35.5. The maximum absolute atomic E-state index is 12.2. The van der Waals surface area contributed by atoms with Gasteiger partial charge < -0.3 is 10.1 Å². The van der Waals surface area contributed by atoms with Crippen LogP contribution in [0.15, 0.2) is 52.7 Å². The summed E-state index contributed by atoms with van der Waals surface area (Å²) in [7, 11) is 0. The number of carbonyl (C=O) groups is 1. The third kappa shape index (κ3) is 5.28. The lowest BCUT2D eigenvalue weighted by Crippen LogP contribution is -2.26. The first-order valence-corrected chi connectivity index (χ1v) is 10.3. The lowest BCUT2D eigenvalue weighted by molar-refractivity contribution is -0.118. The molecule has 0 aromatic heterocycles. The Morgan fingerprint density at radius 1 is 1.21 bits per heavy atom. The van der Waals surface area contributed by atoms with E-state index in [-0.39, 0.29) is 17.3 Å². The predicted octanol–water partition coefficient (Wildman–Crippen LogP) is 4.94. The predicted molar refractivity (Wildman–Crippen MR) is 117 cm³/mol. The molecule has 0 unspecified atom stereocenters. The molecule has 1 saturated heterocycles. The molecule has 2 aromatic carbocycles. The van der Waals surface area contributed by atoms with Crippen molar-refractivity contribution in [2.45, 2.75) is 31.6 Å². The van der Waals surface area contributed by atoms with Crippen molar-refractivity contribution in [3.8, 4) is 5.75 Å². The van der Waals surface area contributed by atoms with E-state index in [9.17, 15) is 4.79 Å². The second-order valence-corrected chi connectivity index (χ2v) is 8.34. The number of ether oxygens (including phenoxy) is 1. The van der Waals surface area contributed by atoms with Crippen molar-refractivity contribution in [2.24, 2.45) is 10.2 Å². The van der Waals surface area contributed by atoms with Crippen molar-refractivity contribution in [2.75, 3.05) is 0 Å². The summed E-state index contributed by atoms with van der Waals surface area (Å²) in [5.41, 5.74) is 1.64. The largest absolute Gasteiger partial charge is 0.490 e. The Bertz CT molecular complexity index is 931. The minimum atomic E-state index is -0.332. The van der Waals surface area contributed by atoms with Crippen molar-refractivity contribution in [3.63, 3.8) is 0 Å². The lowest BCUT2D eigenvalue weighted by atomic mass is 10.1. The topological polar surface area (TPSA) is 63.1 Å². The van der Waals surface area contributed by atoms with E-state index in [2.05, 4.69) is 15.5 Å². The molecule has 0 bridgehead atoms. The molecule has 28 heavy (non-hydrogen) atoms. The highest BCUT2D eigenvalue weighted by Gasteiger charge is 2.31. The normalized spacial score (nSPS) is 18.2. The van der Waals surface area contributed by atoms with Crippen LogP contribution in [0.2, 0.25) is 10.0 Å². The van der Waals surface area contributed by atoms with Crippen molar-refractivity contribution in [1.82, 2.24) is 5.32 Å². The summed E-state index contributed by atoms with van der Waals surface area (Å²) < 4.78 is 5.75. The van der Waals surface area contributed by atoms with Gasteiger partial charge in [0.1, 0.15) is 5.75 Å². The molecule has 1 aliphatic heterocycles. The maximum Gasteiger partial charge on any atom is 0.239 e. The van der Waals surface area contributed by atoms with Gasteiger partial charge in [-0.15, -0.1) is 5.10 Å². The molecule has 5 nitrogen and oxygen atoms in total. The van der Waals surface area contributed by atoms with Gasteiger partial charge in [-0.25, -0.2) is 0 Å². The smallest absolute Gasteiger partial charge is 0.239 e. The van der Waals surface area contributed by atoms with Crippen LogP contribution in [-0.2, 0) is 11.2 Å².